The smallest absolute Gasteiger partial charge is 0.423 e. The molecule has 0 radical (unpaired) electrons. The highest BCUT2D eigenvalue weighted by molar-refractivity contribution is 9.10. The summed E-state index contributed by atoms with van der Waals surface area (Å²) in [7, 11) is -1.40. The van der Waals surface area contributed by atoms with Crippen molar-refractivity contribution in [1.82, 2.24) is 0 Å². The molecule has 2 nitrogen and oxygen atoms in total. The van der Waals surface area contributed by atoms with E-state index >= 15 is 0 Å². The van der Waals surface area contributed by atoms with Crippen molar-refractivity contribution >= 4 is 39.3 Å². The van der Waals surface area contributed by atoms with Crippen molar-refractivity contribution in [1.29, 1.82) is 0 Å². The van der Waals surface area contributed by atoms with Crippen LogP contribution in [0.15, 0.2) is 40.9 Å². The summed E-state index contributed by atoms with van der Waals surface area (Å²) in [5.41, 5.74) is 0.510. The molecule has 0 heterocycles. The van der Waals surface area contributed by atoms with Crippen LogP contribution in [0.25, 0.3) is 10.8 Å². The molecule has 0 spiro atoms. The van der Waals surface area contributed by atoms with Crippen LogP contribution in [0.2, 0.25) is 0 Å². The maximum absolute atomic E-state index is 9.00. The minimum absolute atomic E-state index is 0.510. The van der Waals surface area contributed by atoms with Crippen molar-refractivity contribution in [2.45, 2.75) is 0 Å². The normalized spacial score (nSPS) is 10.5. The van der Waals surface area contributed by atoms with Gasteiger partial charge in [-0.05, 0) is 22.3 Å². The molecule has 0 atom stereocenters. The summed E-state index contributed by atoms with van der Waals surface area (Å²) in [6.45, 7) is 0. The van der Waals surface area contributed by atoms with Gasteiger partial charge in [0.25, 0.3) is 0 Å². The lowest BCUT2D eigenvalue weighted by molar-refractivity contribution is 0.426. The second-order valence-corrected chi connectivity index (χ2v) is 3.95. The Bertz CT molecular complexity index is 471. The summed E-state index contributed by atoms with van der Waals surface area (Å²) >= 11 is 3.43. The predicted octanol–water partition coefficient (Wildman–Crippen LogP) is 1.28. The number of halogens is 1. The minimum atomic E-state index is -1.40. The molecule has 14 heavy (non-hydrogen) atoms. The van der Waals surface area contributed by atoms with Crippen LogP contribution in [0.5, 0.6) is 0 Å². The highest BCUT2D eigenvalue weighted by Gasteiger charge is 2.10. The van der Waals surface area contributed by atoms with Gasteiger partial charge in [0.2, 0.25) is 0 Å². The summed E-state index contributed by atoms with van der Waals surface area (Å²) in [5.74, 6) is 0. The fourth-order valence-electron chi connectivity index (χ4n) is 1.42. The van der Waals surface area contributed by atoms with Crippen LogP contribution >= 0.6 is 15.9 Å². The van der Waals surface area contributed by atoms with Crippen LogP contribution in [0.3, 0.4) is 0 Å². The Morgan fingerprint density at radius 3 is 2.57 bits per heavy atom. The Labute approximate surface area is 90.5 Å². The molecule has 0 aliphatic heterocycles. The van der Waals surface area contributed by atoms with E-state index in [4.69, 9.17) is 10.0 Å². The van der Waals surface area contributed by atoms with Crippen molar-refractivity contribution in [3.63, 3.8) is 0 Å². The van der Waals surface area contributed by atoms with Gasteiger partial charge in [0, 0.05) is 4.47 Å². The molecule has 2 aromatic rings. The minimum Gasteiger partial charge on any atom is -0.423 e. The fraction of sp³-hybridized carbons (Fsp3) is 0. The molecule has 2 rings (SSSR count). The maximum Gasteiger partial charge on any atom is 0.488 e. The van der Waals surface area contributed by atoms with Crippen molar-refractivity contribution < 1.29 is 10.0 Å². The second-order valence-electron chi connectivity index (χ2n) is 3.09. The molecular formula is C10H8BBrO2. The lowest BCUT2D eigenvalue weighted by Gasteiger charge is -2.03. The first kappa shape index (κ1) is 9.71. The first-order valence-electron chi connectivity index (χ1n) is 4.23. The van der Waals surface area contributed by atoms with E-state index in [1.54, 1.807) is 12.1 Å². The van der Waals surface area contributed by atoms with Gasteiger partial charge < -0.3 is 10.0 Å². The third kappa shape index (κ3) is 1.69. The predicted molar refractivity (Wildman–Crippen MR) is 61.5 cm³/mol. The summed E-state index contributed by atoms with van der Waals surface area (Å²) < 4.78 is 1.01. The average molecular weight is 251 g/mol. The van der Waals surface area contributed by atoms with Crippen LogP contribution in [0.4, 0.5) is 0 Å². The van der Waals surface area contributed by atoms with Gasteiger partial charge in [-0.15, -0.1) is 0 Å². The standard InChI is InChI=1S/C10H8BBrO2/c12-10-3-1-2-7-6-8(11(13)14)4-5-9(7)10/h1-6,13-14H. The van der Waals surface area contributed by atoms with Gasteiger partial charge in [0.15, 0.2) is 0 Å². The molecule has 0 aliphatic carbocycles. The molecule has 0 aliphatic rings. The molecule has 0 fully saturated rings. The van der Waals surface area contributed by atoms with Gasteiger partial charge in [-0.2, -0.15) is 0 Å². The van der Waals surface area contributed by atoms with E-state index in [2.05, 4.69) is 15.9 Å². The molecule has 0 saturated heterocycles. The molecule has 2 aromatic carbocycles. The lowest BCUT2D eigenvalue weighted by Crippen LogP contribution is -2.29. The monoisotopic (exact) mass is 250 g/mol. The zero-order valence-corrected chi connectivity index (χ0v) is 8.90. The number of rotatable bonds is 1. The van der Waals surface area contributed by atoms with E-state index in [1.165, 1.54) is 0 Å². The number of benzene rings is 2. The van der Waals surface area contributed by atoms with E-state index < -0.39 is 7.12 Å². The van der Waals surface area contributed by atoms with E-state index in [-0.39, 0.29) is 0 Å². The van der Waals surface area contributed by atoms with Crippen LogP contribution < -0.4 is 5.46 Å². The molecular weight excluding hydrogens is 243 g/mol. The van der Waals surface area contributed by atoms with Crippen LogP contribution in [0.1, 0.15) is 0 Å². The van der Waals surface area contributed by atoms with Crippen LogP contribution in [-0.2, 0) is 0 Å². The number of hydrogen-bond donors (Lipinski definition) is 2. The molecule has 0 saturated carbocycles. The topological polar surface area (TPSA) is 40.5 Å². The molecule has 0 aromatic heterocycles. The quantitative estimate of drug-likeness (QED) is 0.749. The van der Waals surface area contributed by atoms with Gasteiger partial charge >= 0.3 is 7.12 Å². The Balaban J connectivity index is 2.67. The molecule has 4 heteroatoms. The van der Waals surface area contributed by atoms with Gasteiger partial charge in [0.1, 0.15) is 0 Å². The number of fused-ring (bicyclic) bond motifs is 1. The summed E-state index contributed by atoms with van der Waals surface area (Å²) in [5, 5.41) is 20.0. The molecule has 0 amide bonds. The number of hydrogen-bond acceptors (Lipinski definition) is 2. The Kier molecular flexibility index (Phi) is 2.59. The van der Waals surface area contributed by atoms with Gasteiger partial charge in [0.05, 0.1) is 0 Å². The van der Waals surface area contributed by atoms with Gasteiger partial charge in [-0.25, -0.2) is 0 Å². The largest absolute Gasteiger partial charge is 0.488 e. The third-order valence-electron chi connectivity index (χ3n) is 2.15. The molecule has 70 valence electrons. The van der Waals surface area contributed by atoms with Crippen molar-refractivity contribution in [2.75, 3.05) is 0 Å². The van der Waals surface area contributed by atoms with Crippen LogP contribution in [-0.4, -0.2) is 17.2 Å². The van der Waals surface area contributed by atoms with E-state index in [0.29, 0.717) is 5.46 Å². The molecule has 0 bridgehead atoms. The van der Waals surface area contributed by atoms with Gasteiger partial charge in [-0.3, -0.25) is 0 Å². The summed E-state index contributed by atoms with van der Waals surface area (Å²) in [6, 6.07) is 11.2. The Morgan fingerprint density at radius 1 is 1.07 bits per heavy atom. The van der Waals surface area contributed by atoms with Crippen molar-refractivity contribution in [2.24, 2.45) is 0 Å². The maximum atomic E-state index is 9.00. The first-order valence-corrected chi connectivity index (χ1v) is 5.02. The fourth-order valence-corrected chi connectivity index (χ4v) is 1.94. The summed E-state index contributed by atoms with van der Waals surface area (Å²) in [4.78, 5) is 0. The molecule has 0 unspecified atom stereocenters. The zero-order chi connectivity index (χ0) is 10.1. The highest BCUT2D eigenvalue weighted by atomic mass is 79.9. The first-order chi connectivity index (χ1) is 6.68. The van der Waals surface area contributed by atoms with Crippen molar-refractivity contribution in [3.8, 4) is 0 Å². The highest BCUT2D eigenvalue weighted by Crippen LogP contribution is 2.22. The zero-order valence-electron chi connectivity index (χ0n) is 7.31. The molecule has 2 N–H and O–H groups in total. The van der Waals surface area contributed by atoms with Crippen molar-refractivity contribution in [3.05, 3.63) is 40.9 Å². The SMILES string of the molecule is OB(O)c1ccc2c(Br)cccc2c1. The lowest BCUT2D eigenvalue weighted by atomic mass is 9.79. The Hall–Kier alpha value is -0.835. The van der Waals surface area contributed by atoms with Crippen LogP contribution in [0, 0.1) is 0 Å². The average Bonchev–Trinajstić information content (AvgIpc) is 2.17. The Morgan fingerprint density at radius 2 is 1.86 bits per heavy atom. The van der Waals surface area contributed by atoms with E-state index in [0.717, 1.165) is 15.2 Å². The summed E-state index contributed by atoms with van der Waals surface area (Å²) in [6.07, 6.45) is 0. The second kappa shape index (κ2) is 3.73. The van der Waals surface area contributed by atoms with E-state index in [1.807, 2.05) is 24.3 Å². The third-order valence-corrected chi connectivity index (χ3v) is 2.84. The van der Waals surface area contributed by atoms with E-state index in [9.17, 15) is 0 Å². The van der Waals surface area contributed by atoms with Gasteiger partial charge in [-0.1, -0.05) is 46.3 Å².